The van der Waals surface area contributed by atoms with Crippen LogP contribution in [0.25, 0.3) is 11.1 Å². The SMILES string of the molecule is COC(=O)c1ccc(-c2cccc(O)c2)cc1Cl. The van der Waals surface area contributed by atoms with Crippen LogP contribution in [0.4, 0.5) is 0 Å². The number of benzene rings is 2. The van der Waals surface area contributed by atoms with Crippen molar-refractivity contribution in [2.24, 2.45) is 0 Å². The Morgan fingerprint density at radius 1 is 1.17 bits per heavy atom. The fraction of sp³-hybridized carbons (Fsp3) is 0.0714. The van der Waals surface area contributed by atoms with Crippen LogP contribution in [0.3, 0.4) is 0 Å². The second-order valence-corrected chi connectivity index (χ2v) is 4.14. The Labute approximate surface area is 110 Å². The molecule has 0 aliphatic heterocycles. The molecule has 0 fully saturated rings. The van der Waals surface area contributed by atoms with Crippen LogP contribution in [0.15, 0.2) is 42.5 Å². The molecule has 0 amide bonds. The van der Waals surface area contributed by atoms with Gasteiger partial charge in [0.25, 0.3) is 0 Å². The maximum atomic E-state index is 11.4. The highest BCUT2D eigenvalue weighted by molar-refractivity contribution is 6.33. The fourth-order valence-corrected chi connectivity index (χ4v) is 1.91. The molecular formula is C14H11ClO3. The van der Waals surface area contributed by atoms with Crippen molar-refractivity contribution in [3.63, 3.8) is 0 Å². The van der Waals surface area contributed by atoms with E-state index in [0.29, 0.717) is 10.6 Å². The summed E-state index contributed by atoms with van der Waals surface area (Å²) in [4.78, 5) is 11.4. The Morgan fingerprint density at radius 3 is 2.50 bits per heavy atom. The van der Waals surface area contributed by atoms with Gasteiger partial charge < -0.3 is 9.84 Å². The van der Waals surface area contributed by atoms with E-state index in [1.807, 2.05) is 6.07 Å². The third-order valence-electron chi connectivity index (χ3n) is 2.55. The molecule has 0 bridgehead atoms. The summed E-state index contributed by atoms with van der Waals surface area (Å²) < 4.78 is 4.62. The van der Waals surface area contributed by atoms with E-state index in [9.17, 15) is 9.90 Å². The van der Waals surface area contributed by atoms with Crippen LogP contribution in [-0.2, 0) is 4.74 Å². The van der Waals surface area contributed by atoms with Gasteiger partial charge in [-0.2, -0.15) is 0 Å². The van der Waals surface area contributed by atoms with E-state index in [0.717, 1.165) is 11.1 Å². The maximum absolute atomic E-state index is 11.4. The van der Waals surface area contributed by atoms with Gasteiger partial charge in [0.15, 0.2) is 0 Å². The van der Waals surface area contributed by atoms with Crippen molar-refractivity contribution in [3.05, 3.63) is 53.1 Å². The number of hydrogen-bond donors (Lipinski definition) is 1. The third kappa shape index (κ3) is 2.46. The summed E-state index contributed by atoms with van der Waals surface area (Å²) in [5.74, 6) is -0.289. The van der Waals surface area contributed by atoms with Crippen LogP contribution in [0, 0.1) is 0 Å². The summed E-state index contributed by atoms with van der Waals surface area (Å²) >= 11 is 6.03. The standard InChI is InChI=1S/C14H11ClO3/c1-18-14(17)12-6-5-10(8-13(12)15)9-3-2-4-11(16)7-9/h2-8,16H,1H3. The monoisotopic (exact) mass is 262 g/mol. The Kier molecular flexibility index (Phi) is 3.53. The topological polar surface area (TPSA) is 46.5 Å². The predicted molar refractivity (Wildman–Crippen MR) is 69.9 cm³/mol. The molecule has 1 N–H and O–H groups in total. The first kappa shape index (κ1) is 12.5. The molecule has 0 saturated carbocycles. The number of phenolic OH excluding ortho intramolecular Hbond substituents is 1. The molecule has 2 aromatic rings. The van der Waals surface area contributed by atoms with E-state index in [1.54, 1.807) is 36.4 Å². The average molecular weight is 263 g/mol. The van der Waals surface area contributed by atoms with Crippen LogP contribution in [0.2, 0.25) is 5.02 Å². The zero-order valence-electron chi connectivity index (χ0n) is 9.68. The zero-order valence-corrected chi connectivity index (χ0v) is 10.4. The van der Waals surface area contributed by atoms with Crippen LogP contribution in [-0.4, -0.2) is 18.2 Å². The lowest BCUT2D eigenvalue weighted by molar-refractivity contribution is 0.0601. The summed E-state index contributed by atoms with van der Waals surface area (Å²) in [7, 11) is 1.31. The molecule has 2 aromatic carbocycles. The van der Waals surface area contributed by atoms with Crippen molar-refractivity contribution >= 4 is 17.6 Å². The first-order valence-corrected chi connectivity index (χ1v) is 5.67. The highest BCUT2D eigenvalue weighted by atomic mass is 35.5. The minimum Gasteiger partial charge on any atom is -0.508 e. The summed E-state index contributed by atoms with van der Waals surface area (Å²) in [6.45, 7) is 0. The maximum Gasteiger partial charge on any atom is 0.339 e. The molecule has 92 valence electrons. The van der Waals surface area contributed by atoms with Crippen LogP contribution >= 0.6 is 11.6 Å². The number of methoxy groups -OCH3 is 1. The number of carbonyl (C=O) groups is 1. The van der Waals surface area contributed by atoms with Crippen molar-refractivity contribution in [3.8, 4) is 16.9 Å². The summed E-state index contributed by atoms with van der Waals surface area (Å²) in [6.07, 6.45) is 0. The van der Waals surface area contributed by atoms with Gasteiger partial charge in [-0.3, -0.25) is 0 Å². The molecule has 0 unspecified atom stereocenters. The quantitative estimate of drug-likeness (QED) is 0.843. The number of hydrogen-bond acceptors (Lipinski definition) is 3. The number of rotatable bonds is 2. The first-order chi connectivity index (χ1) is 8.61. The van der Waals surface area contributed by atoms with E-state index < -0.39 is 5.97 Å². The molecule has 4 heteroatoms. The Bertz CT molecular complexity index is 593. The molecule has 0 atom stereocenters. The molecule has 0 spiro atoms. The Hall–Kier alpha value is -2.00. The molecule has 18 heavy (non-hydrogen) atoms. The number of phenols is 1. The molecule has 0 saturated heterocycles. The van der Waals surface area contributed by atoms with Gasteiger partial charge in [-0.05, 0) is 35.4 Å². The Morgan fingerprint density at radius 2 is 1.89 bits per heavy atom. The number of carbonyl (C=O) groups excluding carboxylic acids is 1. The van der Waals surface area contributed by atoms with Crippen molar-refractivity contribution in [2.45, 2.75) is 0 Å². The fourth-order valence-electron chi connectivity index (χ4n) is 1.66. The van der Waals surface area contributed by atoms with Crippen LogP contribution in [0.1, 0.15) is 10.4 Å². The third-order valence-corrected chi connectivity index (χ3v) is 2.87. The molecule has 0 aliphatic carbocycles. The highest BCUT2D eigenvalue weighted by Crippen LogP contribution is 2.27. The van der Waals surface area contributed by atoms with E-state index in [1.165, 1.54) is 7.11 Å². The second kappa shape index (κ2) is 5.10. The van der Waals surface area contributed by atoms with Crippen molar-refractivity contribution in [2.75, 3.05) is 7.11 Å². The highest BCUT2D eigenvalue weighted by Gasteiger charge is 2.11. The molecule has 0 heterocycles. The van der Waals surface area contributed by atoms with Crippen LogP contribution < -0.4 is 0 Å². The molecule has 0 radical (unpaired) electrons. The van der Waals surface area contributed by atoms with Gasteiger partial charge in [-0.1, -0.05) is 29.8 Å². The lowest BCUT2D eigenvalue weighted by Crippen LogP contribution is -2.01. The predicted octanol–water partition coefficient (Wildman–Crippen LogP) is 3.50. The Balaban J connectivity index is 2.43. The minimum atomic E-state index is -0.470. The molecule has 0 aromatic heterocycles. The average Bonchev–Trinajstić information content (AvgIpc) is 2.37. The number of esters is 1. The molecule has 2 rings (SSSR count). The van der Waals surface area contributed by atoms with E-state index in [2.05, 4.69) is 4.74 Å². The zero-order chi connectivity index (χ0) is 13.1. The van der Waals surface area contributed by atoms with Gasteiger partial charge in [0.1, 0.15) is 5.75 Å². The van der Waals surface area contributed by atoms with E-state index >= 15 is 0 Å². The summed E-state index contributed by atoms with van der Waals surface area (Å²) in [5.41, 5.74) is 1.97. The largest absolute Gasteiger partial charge is 0.508 e. The van der Waals surface area contributed by atoms with E-state index in [-0.39, 0.29) is 5.75 Å². The van der Waals surface area contributed by atoms with Gasteiger partial charge >= 0.3 is 5.97 Å². The van der Waals surface area contributed by atoms with Crippen molar-refractivity contribution in [1.29, 1.82) is 0 Å². The van der Waals surface area contributed by atoms with Gasteiger partial charge in [0.2, 0.25) is 0 Å². The normalized spacial score (nSPS) is 10.1. The molecule has 3 nitrogen and oxygen atoms in total. The van der Waals surface area contributed by atoms with Crippen LogP contribution in [0.5, 0.6) is 5.75 Å². The number of aromatic hydroxyl groups is 1. The summed E-state index contributed by atoms with van der Waals surface area (Å²) in [5, 5.41) is 9.74. The summed E-state index contributed by atoms with van der Waals surface area (Å²) in [6, 6.07) is 11.8. The van der Waals surface area contributed by atoms with E-state index in [4.69, 9.17) is 11.6 Å². The molecular weight excluding hydrogens is 252 g/mol. The first-order valence-electron chi connectivity index (χ1n) is 5.29. The van der Waals surface area contributed by atoms with Gasteiger partial charge in [0.05, 0.1) is 17.7 Å². The van der Waals surface area contributed by atoms with Gasteiger partial charge in [-0.25, -0.2) is 4.79 Å². The smallest absolute Gasteiger partial charge is 0.339 e. The van der Waals surface area contributed by atoms with Gasteiger partial charge in [-0.15, -0.1) is 0 Å². The van der Waals surface area contributed by atoms with Gasteiger partial charge in [0, 0.05) is 0 Å². The minimum absolute atomic E-state index is 0.181. The lowest BCUT2D eigenvalue weighted by Gasteiger charge is -2.06. The number of ether oxygens (including phenoxy) is 1. The second-order valence-electron chi connectivity index (χ2n) is 3.74. The number of halogens is 1. The van der Waals surface area contributed by atoms with Crippen molar-refractivity contribution < 1.29 is 14.6 Å². The molecule has 0 aliphatic rings. The lowest BCUT2D eigenvalue weighted by atomic mass is 10.0. The van der Waals surface area contributed by atoms with Crippen molar-refractivity contribution in [1.82, 2.24) is 0 Å².